The lowest BCUT2D eigenvalue weighted by Crippen LogP contribution is -2.26. The summed E-state index contributed by atoms with van der Waals surface area (Å²) in [6, 6.07) is 2.69. The lowest BCUT2D eigenvalue weighted by Gasteiger charge is -2.22. The Labute approximate surface area is 148 Å². The van der Waals surface area contributed by atoms with E-state index in [0.717, 1.165) is 13.0 Å². The normalized spacial score (nSPS) is 12.8. The maximum absolute atomic E-state index is 4.58. The Morgan fingerprint density at radius 1 is 0.783 bits per heavy atom. The Hall–Kier alpha value is -0.416. The Balaban J connectivity index is 3.55. The minimum atomic E-state index is -1.18. The number of unbranched alkanes of at least 4 members (excludes halogenated alkanes) is 4. The molecule has 23 heavy (non-hydrogen) atoms. The Bertz CT molecular complexity index is 394. The summed E-state index contributed by atoms with van der Waals surface area (Å²) < 4.78 is 0. The van der Waals surface area contributed by atoms with Gasteiger partial charge in [-0.2, -0.15) is 0 Å². The maximum atomic E-state index is 4.58. The highest BCUT2D eigenvalue weighted by atomic mass is 28.3. The molecular formula is C20H41NSi2. The third-order valence-electron chi connectivity index (χ3n) is 5.43. The molecular weight excluding hydrogens is 310 g/mol. The molecule has 0 atom stereocenters. The topological polar surface area (TPSA) is 12.4 Å². The zero-order chi connectivity index (χ0) is 17.9. The largest absolute Gasteiger partial charge is 0.298 e. The zero-order valence-corrected chi connectivity index (χ0v) is 18.8. The first-order valence-corrected chi connectivity index (χ1v) is 15.8. The fourth-order valence-corrected chi connectivity index (χ4v) is 5.17. The predicted molar refractivity (Wildman–Crippen MR) is 115 cm³/mol. The van der Waals surface area contributed by atoms with E-state index in [2.05, 4.69) is 64.4 Å². The zero-order valence-electron chi connectivity index (χ0n) is 16.8. The smallest absolute Gasteiger partial charge is 0.0746 e. The Morgan fingerprint density at radius 2 is 1.26 bits per heavy atom. The van der Waals surface area contributed by atoms with Gasteiger partial charge >= 0.3 is 0 Å². The van der Waals surface area contributed by atoms with Crippen LogP contribution < -0.4 is 0 Å². The van der Waals surface area contributed by atoms with Gasteiger partial charge < -0.3 is 0 Å². The van der Waals surface area contributed by atoms with Gasteiger partial charge in [0.15, 0.2) is 0 Å². The molecule has 134 valence electrons. The van der Waals surface area contributed by atoms with Crippen molar-refractivity contribution >= 4 is 22.4 Å². The number of nitrogens with zero attached hydrogens (tertiary/aromatic N) is 1. The molecule has 0 N–H and O–H groups in total. The molecule has 0 spiro atoms. The fraction of sp³-hybridized carbons (Fsp3) is 0.750. The van der Waals surface area contributed by atoms with Crippen LogP contribution in [0.15, 0.2) is 28.5 Å². The monoisotopic (exact) mass is 351 g/mol. The molecule has 0 aromatic rings. The summed E-state index contributed by atoms with van der Waals surface area (Å²) in [5.41, 5.74) is 0. The number of aliphatic imine (C=N–C) groups is 1. The van der Waals surface area contributed by atoms with Crippen molar-refractivity contribution < 1.29 is 0 Å². The molecule has 0 aliphatic heterocycles. The van der Waals surface area contributed by atoms with Crippen LogP contribution in [0, 0.1) is 0 Å². The summed E-state index contributed by atoms with van der Waals surface area (Å²) in [4.78, 5) is 4.58. The van der Waals surface area contributed by atoms with Crippen molar-refractivity contribution in [3.8, 4) is 0 Å². The lowest BCUT2D eigenvalue weighted by atomic mass is 10.1. The molecule has 0 radical (unpaired) electrons. The van der Waals surface area contributed by atoms with Crippen molar-refractivity contribution in [1.29, 1.82) is 0 Å². The van der Waals surface area contributed by atoms with Crippen LogP contribution in [-0.4, -0.2) is 28.9 Å². The van der Waals surface area contributed by atoms with E-state index in [4.69, 9.17) is 0 Å². The quantitative estimate of drug-likeness (QED) is 0.191. The van der Waals surface area contributed by atoms with Crippen LogP contribution in [0.25, 0.3) is 0 Å². The summed E-state index contributed by atoms with van der Waals surface area (Å²) in [7, 11) is -2.30. The first-order chi connectivity index (χ1) is 10.6. The first kappa shape index (κ1) is 22.6. The van der Waals surface area contributed by atoms with E-state index in [1.54, 1.807) is 0 Å². The number of allylic oxidation sites excluding steroid dienone is 2. The van der Waals surface area contributed by atoms with Crippen LogP contribution in [0.4, 0.5) is 0 Å². The molecule has 0 heterocycles. The molecule has 0 rings (SSSR count). The average Bonchev–Trinajstić information content (AvgIpc) is 2.44. The van der Waals surface area contributed by atoms with E-state index in [-0.39, 0.29) is 0 Å². The third kappa shape index (κ3) is 10.9. The van der Waals surface area contributed by atoms with Gasteiger partial charge in [0.1, 0.15) is 0 Å². The Morgan fingerprint density at radius 3 is 1.83 bits per heavy atom. The third-order valence-corrected chi connectivity index (χ3v) is 13.2. The summed E-state index contributed by atoms with van der Waals surface area (Å²) in [6.45, 7) is 23.4. The fourth-order valence-electron chi connectivity index (χ4n) is 2.34. The average molecular weight is 352 g/mol. The van der Waals surface area contributed by atoms with Crippen molar-refractivity contribution in [1.82, 2.24) is 0 Å². The second-order valence-electron chi connectivity index (χ2n) is 8.47. The first-order valence-electron chi connectivity index (χ1n) is 9.40. The van der Waals surface area contributed by atoms with E-state index in [1.165, 1.54) is 54.6 Å². The van der Waals surface area contributed by atoms with Gasteiger partial charge in [-0.15, -0.1) is 13.2 Å². The van der Waals surface area contributed by atoms with Crippen molar-refractivity contribution in [2.24, 2.45) is 4.99 Å². The van der Waals surface area contributed by atoms with Crippen LogP contribution in [-0.2, 0) is 0 Å². The minimum Gasteiger partial charge on any atom is -0.298 e. The molecule has 1 nitrogen and oxygen atoms in total. The standard InChI is InChI=1S/C20H41NSi2/c1-19(2)22(5,6)17-13-11-9-10-12-15-21-16-14-18-23(7,8)20(3)4/h16H,1,3,9-15,17-18H2,2,4-8H3. The molecule has 0 amide bonds. The van der Waals surface area contributed by atoms with Crippen LogP contribution in [0.1, 0.15) is 52.4 Å². The van der Waals surface area contributed by atoms with Crippen molar-refractivity contribution in [2.45, 2.75) is 90.6 Å². The van der Waals surface area contributed by atoms with Crippen molar-refractivity contribution in [3.63, 3.8) is 0 Å². The molecule has 0 unspecified atom stereocenters. The summed E-state index contributed by atoms with van der Waals surface area (Å²) in [5, 5.41) is 2.86. The highest BCUT2D eigenvalue weighted by Gasteiger charge is 2.20. The van der Waals surface area contributed by atoms with E-state index in [9.17, 15) is 0 Å². The molecule has 0 bridgehead atoms. The number of hydrogen-bond donors (Lipinski definition) is 0. The minimum absolute atomic E-state index is 1.01. The molecule has 0 fully saturated rings. The molecule has 0 aromatic carbocycles. The van der Waals surface area contributed by atoms with Gasteiger partial charge in [-0.25, -0.2) is 0 Å². The van der Waals surface area contributed by atoms with Gasteiger partial charge in [0.2, 0.25) is 0 Å². The molecule has 0 aliphatic carbocycles. The Kier molecular flexibility index (Phi) is 11.0. The van der Waals surface area contributed by atoms with E-state index < -0.39 is 16.1 Å². The summed E-state index contributed by atoms with van der Waals surface area (Å²) in [5.74, 6) is 0. The summed E-state index contributed by atoms with van der Waals surface area (Å²) in [6.07, 6.45) is 10.00. The van der Waals surface area contributed by atoms with Crippen LogP contribution in [0.5, 0.6) is 0 Å². The van der Waals surface area contributed by atoms with Crippen LogP contribution in [0.2, 0.25) is 38.3 Å². The van der Waals surface area contributed by atoms with E-state index in [0.29, 0.717) is 0 Å². The molecule has 0 aromatic heterocycles. The van der Waals surface area contributed by atoms with Gasteiger partial charge in [0.05, 0.1) is 16.1 Å². The highest BCUT2D eigenvalue weighted by molar-refractivity contribution is 6.84. The van der Waals surface area contributed by atoms with Crippen LogP contribution >= 0.6 is 0 Å². The molecule has 0 saturated heterocycles. The lowest BCUT2D eigenvalue weighted by molar-refractivity contribution is 0.636. The van der Waals surface area contributed by atoms with Gasteiger partial charge in [0, 0.05) is 6.54 Å². The van der Waals surface area contributed by atoms with E-state index >= 15 is 0 Å². The second-order valence-corrected chi connectivity index (χ2v) is 18.7. The van der Waals surface area contributed by atoms with Gasteiger partial charge in [-0.1, -0.05) is 68.3 Å². The highest BCUT2D eigenvalue weighted by Crippen LogP contribution is 2.21. The van der Waals surface area contributed by atoms with Gasteiger partial charge in [-0.05, 0) is 38.9 Å². The van der Waals surface area contributed by atoms with Crippen molar-refractivity contribution in [2.75, 3.05) is 6.54 Å². The number of rotatable bonds is 13. The van der Waals surface area contributed by atoms with Crippen molar-refractivity contribution in [3.05, 3.63) is 23.6 Å². The van der Waals surface area contributed by atoms with Crippen LogP contribution in [0.3, 0.4) is 0 Å². The molecule has 0 aliphatic rings. The summed E-state index contributed by atoms with van der Waals surface area (Å²) >= 11 is 0. The molecule has 0 saturated carbocycles. The second kappa shape index (κ2) is 11.2. The van der Waals surface area contributed by atoms with Gasteiger partial charge in [0.25, 0.3) is 0 Å². The van der Waals surface area contributed by atoms with E-state index in [1.807, 2.05) is 0 Å². The number of hydrogen-bond acceptors (Lipinski definition) is 1. The molecule has 3 heteroatoms. The van der Waals surface area contributed by atoms with Gasteiger partial charge in [-0.3, -0.25) is 4.99 Å². The maximum Gasteiger partial charge on any atom is 0.0746 e. The predicted octanol–water partition coefficient (Wildman–Crippen LogP) is 7.05. The SMILES string of the molecule is C=C(C)[Si](C)(C)CCC=NCCCCCCC[Si](C)(C)C(=C)C.